The number of halogens is 1. The summed E-state index contributed by atoms with van der Waals surface area (Å²) in [6.45, 7) is 9.31. The average Bonchev–Trinajstić information content (AvgIpc) is 2.55. The summed E-state index contributed by atoms with van der Waals surface area (Å²) >= 11 is 0. The van der Waals surface area contributed by atoms with Crippen LogP contribution in [0, 0.1) is 5.82 Å². The van der Waals surface area contributed by atoms with Gasteiger partial charge in [-0.2, -0.15) is 0 Å². The Balaban J connectivity index is 0.00000139. The largest absolute Gasteiger partial charge is 0.481 e. The Kier molecular flexibility index (Phi) is 6.86. The summed E-state index contributed by atoms with van der Waals surface area (Å²) in [6, 6.07) is 7.24. The van der Waals surface area contributed by atoms with Gasteiger partial charge in [-0.3, -0.25) is 9.59 Å². The van der Waals surface area contributed by atoms with E-state index in [9.17, 15) is 14.0 Å². The molecule has 0 aliphatic heterocycles. The summed E-state index contributed by atoms with van der Waals surface area (Å²) < 4.78 is 14.3. The zero-order valence-corrected chi connectivity index (χ0v) is 13.7. The molecule has 0 aliphatic carbocycles. The van der Waals surface area contributed by atoms with Crippen molar-refractivity contribution in [2.45, 2.75) is 19.8 Å². The number of benzene rings is 1. The highest BCUT2D eigenvalue weighted by molar-refractivity contribution is 5.76. The van der Waals surface area contributed by atoms with Crippen LogP contribution in [0.5, 0.6) is 0 Å². The van der Waals surface area contributed by atoms with E-state index in [0.29, 0.717) is 16.8 Å². The first-order chi connectivity index (χ1) is 11.4. The van der Waals surface area contributed by atoms with Crippen LogP contribution >= 0.6 is 0 Å². The number of rotatable bonds is 4. The number of carboxylic acids is 1. The first kappa shape index (κ1) is 19.1. The minimum absolute atomic E-state index is 0.262. The molecule has 2 aromatic rings. The summed E-state index contributed by atoms with van der Waals surface area (Å²) in [6.07, 6.45) is 3.48. The zero-order valence-electron chi connectivity index (χ0n) is 13.7. The number of allylic oxidation sites excluding steroid dienone is 1. The van der Waals surface area contributed by atoms with Crippen molar-refractivity contribution < 1.29 is 14.3 Å². The summed E-state index contributed by atoms with van der Waals surface area (Å²) in [5.41, 5.74) is 1.34. The fraction of sp³-hybridized carbons (Fsp3) is 0.158. The molecule has 24 heavy (non-hydrogen) atoms. The third kappa shape index (κ3) is 4.52. The van der Waals surface area contributed by atoms with Crippen LogP contribution < -0.4 is 5.56 Å². The van der Waals surface area contributed by atoms with E-state index in [1.165, 1.54) is 25.1 Å². The molecule has 1 heterocycles. The summed E-state index contributed by atoms with van der Waals surface area (Å²) in [4.78, 5) is 25.2. The highest BCUT2D eigenvalue weighted by Crippen LogP contribution is 2.26. The van der Waals surface area contributed by atoms with Crippen molar-refractivity contribution in [2.24, 2.45) is 0 Å². The van der Waals surface area contributed by atoms with E-state index in [-0.39, 0.29) is 11.1 Å². The highest BCUT2D eigenvalue weighted by atomic mass is 19.1. The van der Waals surface area contributed by atoms with Crippen molar-refractivity contribution in [1.82, 2.24) is 4.98 Å². The van der Waals surface area contributed by atoms with E-state index < -0.39 is 17.7 Å². The predicted molar refractivity (Wildman–Crippen MR) is 94.5 cm³/mol. The Bertz CT molecular complexity index is 808. The monoisotopic (exact) mass is 329 g/mol. The molecular weight excluding hydrogens is 309 g/mol. The van der Waals surface area contributed by atoms with Gasteiger partial charge in [-0.25, -0.2) is 4.39 Å². The van der Waals surface area contributed by atoms with Gasteiger partial charge in [0.05, 0.1) is 5.92 Å². The van der Waals surface area contributed by atoms with Crippen molar-refractivity contribution in [3.05, 3.63) is 77.0 Å². The van der Waals surface area contributed by atoms with Gasteiger partial charge in [0.25, 0.3) is 0 Å². The fourth-order valence-corrected chi connectivity index (χ4v) is 2.17. The van der Waals surface area contributed by atoms with Crippen LogP contribution in [-0.4, -0.2) is 16.1 Å². The number of aromatic nitrogens is 1. The van der Waals surface area contributed by atoms with Crippen molar-refractivity contribution in [3.8, 4) is 11.1 Å². The standard InChI is InChI=1S/C17H16FNO3.C2H4/c1-3-4-13-7-12(9-16(20)19-13)14-6-5-11(8-15(14)18)10(2)17(21)22;1-2/h3-10H,1-2H3,(H,19,20)(H,21,22);1-2H2/b4-3+;. The highest BCUT2D eigenvalue weighted by Gasteiger charge is 2.16. The summed E-state index contributed by atoms with van der Waals surface area (Å²) in [5, 5.41) is 8.97. The maximum atomic E-state index is 14.3. The molecule has 126 valence electrons. The quantitative estimate of drug-likeness (QED) is 0.826. The predicted octanol–water partition coefficient (Wildman–Crippen LogP) is 4.20. The van der Waals surface area contributed by atoms with Gasteiger partial charge in [-0.15, -0.1) is 13.2 Å². The molecule has 0 aliphatic rings. The second kappa shape index (κ2) is 8.62. The molecule has 0 fully saturated rings. The first-order valence-electron chi connectivity index (χ1n) is 7.32. The number of aromatic amines is 1. The van der Waals surface area contributed by atoms with E-state index in [4.69, 9.17) is 5.11 Å². The van der Waals surface area contributed by atoms with Crippen molar-refractivity contribution in [1.29, 1.82) is 0 Å². The topological polar surface area (TPSA) is 70.2 Å². The molecule has 1 aromatic carbocycles. The van der Waals surface area contributed by atoms with Crippen LogP contribution in [0.3, 0.4) is 0 Å². The van der Waals surface area contributed by atoms with Gasteiger partial charge in [0, 0.05) is 17.3 Å². The molecule has 2 N–H and O–H groups in total. The molecule has 5 heteroatoms. The lowest BCUT2D eigenvalue weighted by Gasteiger charge is -2.10. The maximum absolute atomic E-state index is 14.3. The Labute approximate surface area is 140 Å². The molecule has 1 unspecified atom stereocenters. The van der Waals surface area contributed by atoms with Crippen molar-refractivity contribution >= 4 is 12.0 Å². The number of pyridine rings is 1. The van der Waals surface area contributed by atoms with Gasteiger partial charge >= 0.3 is 5.97 Å². The second-order valence-electron chi connectivity index (χ2n) is 4.99. The van der Waals surface area contributed by atoms with E-state index in [2.05, 4.69) is 18.1 Å². The fourth-order valence-electron chi connectivity index (χ4n) is 2.17. The average molecular weight is 329 g/mol. The minimum atomic E-state index is -1.02. The molecule has 0 saturated heterocycles. The lowest BCUT2D eigenvalue weighted by Crippen LogP contribution is -2.08. The lowest BCUT2D eigenvalue weighted by atomic mass is 9.97. The molecule has 0 spiro atoms. The molecule has 1 aromatic heterocycles. The Morgan fingerprint density at radius 1 is 1.29 bits per heavy atom. The van der Waals surface area contributed by atoms with Gasteiger partial charge in [0.2, 0.25) is 5.56 Å². The van der Waals surface area contributed by atoms with Gasteiger partial charge in [0.1, 0.15) is 5.82 Å². The maximum Gasteiger partial charge on any atom is 0.310 e. The molecule has 0 radical (unpaired) electrons. The van der Waals surface area contributed by atoms with Crippen LogP contribution in [0.2, 0.25) is 0 Å². The Morgan fingerprint density at radius 2 is 1.96 bits per heavy atom. The van der Waals surface area contributed by atoms with E-state index in [1.54, 1.807) is 24.3 Å². The molecule has 0 amide bonds. The van der Waals surface area contributed by atoms with E-state index >= 15 is 0 Å². The number of aliphatic carboxylic acids is 1. The van der Waals surface area contributed by atoms with Crippen molar-refractivity contribution in [2.75, 3.05) is 0 Å². The summed E-state index contributed by atoms with van der Waals surface area (Å²) in [5.74, 6) is -2.36. The minimum Gasteiger partial charge on any atom is -0.481 e. The number of hydrogen-bond donors (Lipinski definition) is 2. The Hall–Kier alpha value is -2.95. The van der Waals surface area contributed by atoms with E-state index in [1.807, 2.05) is 6.92 Å². The number of carbonyl (C=O) groups is 1. The molecule has 0 bridgehead atoms. The smallest absolute Gasteiger partial charge is 0.310 e. The molecule has 0 saturated carbocycles. The van der Waals surface area contributed by atoms with Crippen molar-refractivity contribution in [3.63, 3.8) is 0 Å². The number of carboxylic acid groups (broad SMARTS) is 1. The molecule has 4 nitrogen and oxygen atoms in total. The normalized spacial score (nSPS) is 11.6. The zero-order chi connectivity index (χ0) is 18.3. The van der Waals surface area contributed by atoms with Crippen LogP contribution in [0.15, 0.2) is 54.4 Å². The SMILES string of the molecule is C/C=C/c1cc(-c2ccc(C(C)C(=O)O)cc2F)cc(=O)[nH]1.C=C. The van der Waals surface area contributed by atoms with Gasteiger partial charge < -0.3 is 10.1 Å². The van der Waals surface area contributed by atoms with Crippen LogP contribution in [-0.2, 0) is 4.79 Å². The summed E-state index contributed by atoms with van der Waals surface area (Å²) in [7, 11) is 0. The molecular formula is C19H20FNO3. The van der Waals surface area contributed by atoms with Crippen LogP contribution in [0.1, 0.15) is 31.0 Å². The van der Waals surface area contributed by atoms with Crippen LogP contribution in [0.4, 0.5) is 4.39 Å². The van der Waals surface area contributed by atoms with Gasteiger partial charge in [-0.1, -0.05) is 18.2 Å². The number of H-pyrrole nitrogens is 1. The third-order valence-corrected chi connectivity index (χ3v) is 3.39. The Morgan fingerprint density at radius 3 is 2.50 bits per heavy atom. The van der Waals surface area contributed by atoms with Gasteiger partial charge in [-0.05, 0) is 43.2 Å². The molecule has 2 rings (SSSR count). The van der Waals surface area contributed by atoms with Crippen LogP contribution in [0.25, 0.3) is 17.2 Å². The number of hydrogen-bond acceptors (Lipinski definition) is 2. The number of nitrogens with one attached hydrogen (secondary N) is 1. The first-order valence-corrected chi connectivity index (χ1v) is 7.32. The van der Waals surface area contributed by atoms with Gasteiger partial charge in [0.15, 0.2) is 0 Å². The third-order valence-electron chi connectivity index (χ3n) is 3.39. The lowest BCUT2D eigenvalue weighted by molar-refractivity contribution is -0.138. The molecule has 1 atom stereocenters. The van der Waals surface area contributed by atoms with E-state index in [0.717, 1.165) is 0 Å². The second-order valence-corrected chi connectivity index (χ2v) is 4.99.